The maximum atomic E-state index is 6.25. The molecule has 3 aromatic heterocycles. The van der Waals surface area contributed by atoms with Crippen LogP contribution in [0.25, 0.3) is 21.5 Å². The van der Waals surface area contributed by atoms with Gasteiger partial charge in [-0.15, -0.1) is 16.4 Å². The van der Waals surface area contributed by atoms with Crippen LogP contribution in [-0.2, 0) is 6.42 Å². The lowest BCUT2D eigenvalue weighted by atomic mass is 10.0. The number of ether oxygens (including phenoxy) is 1. The van der Waals surface area contributed by atoms with Crippen LogP contribution >= 0.6 is 22.9 Å². The fraction of sp³-hybridized carbons (Fsp3) is 0.111. The van der Waals surface area contributed by atoms with E-state index in [0.29, 0.717) is 11.4 Å². The molecule has 0 N–H and O–H groups in total. The Labute approximate surface area is 153 Å². The number of halogens is 1. The molecule has 3 heterocycles. The van der Waals surface area contributed by atoms with E-state index in [0.717, 1.165) is 38.5 Å². The molecule has 0 aliphatic carbocycles. The number of hydrogen-bond acceptors (Lipinski definition) is 6. The molecule has 0 spiro atoms. The second-order valence-corrected chi connectivity index (χ2v) is 6.69. The van der Waals surface area contributed by atoms with Gasteiger partial charge in [0, 0.05) is 41.2 Å². The van der Waals surface area contributed by atoms with E-state index in [-0.39, 0.29) is 0 Å². The highest BCUT2D eigenvalue weighted by molar-refractivity contribution is 7.13. The van der Waals surface area contributed by atoms with E-state index in [1.807, 2.05) is 29.6 Å². The molecule has 0 bridgehead atoms. The quantitative estimate of drug-likeness (QED) is 0.534. The number of pyridine rings is 1. The number of aromatic nitrogens is 4. The Balaban J connectivity index is 1.89. The van der Waals surface area contributed by atoms with E-state index in [9.17, 15) is 0 Å². The highest BCUT2D eigenvalue weighted by Crippen LogP contribution is 2.32. The number of methoxy groups -OCH3 is 1. The number of rotatable bonds is 4. The normalized spacial score (nSPS) is 11.0. The van der Waals surface area contributed by atoms with Gasteiger partial charge in [0.1, 0.15) is 16.5 Å². The summed E-state index contributed by atoms with van der Waals surface area (Å²) in [6.07, 6.45) is 5.71. The summed E-state index contributed by atoms with van der Waals surface area (Å²) in [6.45, 7) is 0. The molecule has 0 aliphatic heterocycles. The Kier molecular flexibility index (Phi) is 4.29. The van der Waals surface area contributed by atoms with Gasteiger partial charge in [-0.1, -0.05) is 11.6 Å². The Morgan fingerprint density at radius 2 is 2.04 bits per heavy atom. The first-order valence-corrected chi connectivity index (χ1v) is 8.83. The molecule has 0 unspecified atom stereocenters. The van der Waals surface area contributed by atoms with Crippen molar-refractivity contribution in [1.29, 1.82) is 0 Å². The minimum Gasteiger partial charge on any atom is -0.497 e. The van der Waals surface area contributed by atoms with Crippen LogP contribution in [0.2, 0.25) is 5.02 Å². The van der Waals surface area contributed by atoms with Crippen molar-refractivity contribution in [3.8, 4) is 16.5 Å². The summed E-state index contributed by atoms with van der Waals surface area (Å²) in [6, 6.07) is 7.80. The van der Waals surface area contributed by atoms with Crippen molar-refractivity contribution in [2.75, 3.05) is 7.11 Å². The molecular formula is C18H13ClN4OS. The summed E-state index contributed by atoms with van der Waals surface area (Å²) < 4.78 is 5.38. The van der Waals surface area contributed by atoms with E-state index in [2.05, 4.69) is 20.2 Å². The lowest BCUT2D eigenvalue weighted by Crippen LogP contribution is -2.00. The molecule has 0 amide bonds. The molecule has 0 saturated heterocycles. The van der Waals surface area contributed by atoms with Gasteiger partial charge in [0.2, 0.25) is 0 Å². The van der Waals surface area contributed by atoms with Gasteiger partial charge >= 0.3 is 0 Å². The zero-order chi connectivity index (χ0) is 17.2. The van der Waals surface area contributed by atoms with Gasteiger partial charge in [0.15, 0.2) is 0 Å². The van der Waals surface area contributed by atoms with Crippen LogP contribution in [0, 0.1) is 0 Å². The molecule has 0 aliphatic rings. The van der Waals surface area contributed by atoms with Gasteiger partial charge in [-0.05, 0) is 29.8 Å². The number of fused-ring (bicyclic) bond motifs is 1. The van der Waals surface area contributed by atoms with Crippen LogP contribution in [-0.4, -0.2) is 27.3 Å². The van der Waals surface area contributed by atoms with Crippen LogP contribution in [0.5, 0.6) is 5.75 Å². The molecule has 5 nitrogen and oxygen atoms in total. The smallest absolute Gasteiger partial charge is 0.144 e. The van der Waals surface area contributed by atoms with Crippen LogP contribution in [0.4, 0.5) is 0 Å². The molecule has 1 aromatic carbocycles. The molecule has 124 valence electrons. The average molecular weight is 369 g/mol. The van der Waals surface area contributed by atoms with Crippen LogP contribution < -0.4 is 4.74 Å². The van der Waals surface area contributed by atoms with Crippen molar-refractivity contribution in [3.05, 3.63) is 64.5 Å². The van der Waals surface area contributed by atoms with Gasteiger partial charge < -0.3 is 4.74 Å². The maximum Gasteiger partial charge on any atom is 0.144 e. The standard InChI is InChI=1S/C18H13ClN4OS/c1-24-12-2-3-13-14(9-12)17(18-21-6-7-25-18)23-22-16(13)8-11-4-5-20-10-15(11)19/h2-7,9-10H,8H2,1H3. The summed E-state index contributed by atoms with van der Waals surface area (Å²) in [4.78, 5) is 8.39. The van der Waals surface area contributed by atoms with Crippen molar-refractivity contribution >= 4 is 33.7 Å². The van der Waals surface area contributed by atoms with Gasteiger partial charge in [-0.3, -0.25) is 4.98 Å². The summed E-state index contributed by atoms with van der Waals surface area (Å²) in [5, 5.41) is 14.2. The largest absolute Gasteiger partial charge is 0.497 e. The minimum atomic E-state index is 0.579. The van der Waals surface area contributed by atoms with Gasteiger partial charge in [0.25, 0.3) is 0 Å². The highest BCUT2D eigenvalue weighted by atomic mass is 35.5. The molecule has 4 rings (SSSR count). The topological polar surface area (TPSA) is 60.8 Å². The van der Waals surface area contributed by atoms with Gasteiger partial charge in [-0.25, -0.2) is 4.98 Å². The van der Waals surface area contributed by atoms with Crippen LogP contribution in [0.3, 0.4) is 0 Å². The van der Waals surface area contributed by atoms with Crippen LogP contribution in [0.15, 0.2) is 48.2 Å². The molecule has 4 aromatic rings. The zero-order valence-corrected chi connectivity index (χ0v) is 14.9. The van der Waals surface area contributed by atoms with Crippen molar-refractivity contribution in [2.45, 2.75) is 6.42 Å². The third-order valence-corrected chi connectivity index (χ3v) is 5.03. The summed E-state index contributed by atoms with van der Waals surface area (Å²) >= 11 is 7.78. The van der Waals surface area contributed by atoms with Crippen molar-refractivity contribution in [1.82, 2.24) is 20.2 Å². The fourth-order valence-electron chi connectivity index (χ4n) is 2.67. The Morgan fingerprint density at radius 1 is 1.12 bits per heavy atom. The monoisotopic (exact) mass is 368 g/mol. The second-order valence-electron chi connectivity index (χ2n) is 5.39. The Hall–Kier alpha value is -2.57. The minimum absolute atomic E-state index is 0.579. The van der Waals surface area contributed by atoms with E-state index in [4.69, 9.17) is 16.3 Å². The number of benzene rings is 1. The predicted octanol–water partition coefficient (Wildman–Crippen LogP) is 4.40. The van der Waals surface area contributed by atoms with E-state index < -0.39 is 0 Å². The molecular weight excluding hydrogens is 356 g/mol. The second kappa shape index (κ2) is 6.74. The first-order valence-electron chi connectivity index (χ1n) is 7.58. The van der Waals surface area contributed by atoms with E-state index in [1.165, 1.54) is 11.3 Å². The number of hydrogen-bond donors (Lipinski definition) is 0. The van der Waals surface area contributed by atoms with E-state index in [1.54, 1.807) is 25.7 Å². The molecule has 7 heteroatoms. The molecule has 0 radical (unpaired) electrons. The molecule has 0 atom stereocenters. The third kappa shape index (κ3) is 3.06. The van der Waals surface area contributed by atoms with E-state index >= 15 is 0 Å². The lowest BCUT2D eigenvalue weighted by molar-refractivity contribution is 0.415. The Morgan fingerprint density at radius 3 is 2.80 bits per heavy atom. The summed E-state index contributed by atoms with van der Waals surface area (Å²) in [5.41, 5.74) is 2.57. The van der Waals surface area contributed by atoms with Gasteiger partial charge in [0.05, 0.1) is 17.8 Å². The third-order valence-electron chi connectivity index (χ3n) is 3.91. The zero-order valence-electron chi connectivity index (χ0n) is 13.3. The average Bonchev–Trinajstić information content (AvgIpc) is 3.17. The Bertz CT molecular complexity index is 1040. The summed E-state index contributed by atoms with van der Waals surface area (Å²) in [7, 11) is 1.65. The van der Waals surface area contributed by atoms with Gasteiger partial charge in [-0.2, -0.15) is 5.10 Å². The fourth-order valence-corrected chi connectivity index (χ4v) is 3.49. The first kappa shape index (κ1) is 15.9. The SMILES string of the molecule is COc1ccc2c(Cc3ccncc3Cl)nnc(-c3nccs3)c2c1. The number of nitrogens with zero attached hydrogens (tertiary/aromatic N) is 4. The predicted molar refractivity (Wildman–Crippen MR) is 99.3 cm³/mol. The summed E-state index contributed by atoms with van der Waals surface area (Å²) in [5.74, 6) is 0.770. The maximum absolute atomic E-state index is 6.25. The van der Waals surface area contributed by atoms with Crippen molar-refractivity contribution < 1.29 is 4.74 Å². The molecule has 0 saturated carbocycles. The van der Waals surface area contributed by atoms with Crippen molar-refractivity contribution in [3.63, 3.8) is 0 Å². The molecule has 25 heavy (non-hydrogen) atoms. The number of thiazole rings is 1. The highest BCUT2D eigenvalue weighted by Gasteiger charge is 2.15. The lowest BCUT2D eigenvalue weighted by Gasteiger charge is -2.10. The van der Waals surface area contributed by atoms with Crippen molar-refractivity contribution in [2.24, 2.45) is 0 Å². The molecule has 0 fully saturated rings. The van der Waals surface area contributed by atoms with Crippen LogP contribution in [0.1, 0.15) is 11.3 Å². The first-order chi connectivity index (χ1) is 12.3.